The molecule has 0 bridgehead atoms. The molecule has 0 unspecified atom stereocenters. The van der Waals surface area contributed by atoms with E-state index in [0.717, 1.165) is 15.6 Å². The number of hydrogen-bond donors (Lipinski definition) is 1. The average Bonchev–Trinajstić information content (AvgIpc) is 2.77. The molecule has 7 nitrogen and oxygen atoms in total. The van der Waals surface area contributed by atoms with Crippen molar-refractivity contribution < 1.29 is 4.92 Å². The minimum absolute atomic E-state index is 0.0691. The molecule has 8 heteroatoms. The van der Waals surface area contributed by atoms with E-state index in [1.165, 1.54) is 17.8 Å². The summed E-state index contributed by atoms with van der Waals surface area (Å²) in [7, 11) is 1.87. The summed E-state index contributed by atoms with van der Waals surface area (Å²) in [5.41, 5.74) is 7.99. The van der Waals surface area contributed by atoms with Crippen LogP contribution in [0.1, 0.15) is 31.3 Å². The maximum Gasteiger partial charge on any atom is 0.270 e. The Labute approximate surface area is 132 Å². The van der Waals surface area contributed by atoms with E-state index in [9.17, 15) is 10.1 Å². The van der Waals surface area contributed by atoms with Crippen molar-refractivity contribution in [2.75, 3.05) is 0 Å². The summed E-state index contributed by atoms with van der Waals surface area (Å²) in [4.78, 5) is 15.8. The number of nitro benzene ring substituents is 1. The van der Waals surface area contributed by atoms with Crippen molar-refractivity contribution in [1.82, 2.24) is 9.55 Å². The van der Waals surface area contributed by atoms with E-state index >= 15 is 0 Å². The standard InChI is InChI=1S/C14H17N5O2S/c1-9(2)13-14(18(3)12(17-13)8-16-15)22-11-6-4-5-10(7-11)19(20)21/h4-7,9,15H,8H2,1-3H3. The Kier molecular flexibility index (Phi) is 4.92. The quantitative estimate of drug-likeness (QED) is 0.491. The van der Waals surface area contributed by atoms with Crippen molar-refractivity contribution in [2.24, 2.45) is 12.2 Å². The van der Waals surface area contributed by atoms with E-state index in [1.807, 2.05) is 31.5 Å². The van der Waals surface area contributed by atoms with E-state index in [4.69, 9.17) is 5.53 Å². The highest BCUT2D eigenvalue weighted by atomic mass is 32.2. The minimum atomic E-state index is -0.402. The van der Waals surface area contributed by atoms with Crippen molar-refractivity contribution in [3.63, 3.8) is 0 Å². The molecule has 0 saturated heterocycles. The van der Waals surface area contributed by atoms with Gasteiger partial charge in [-0.1, -0.05) is 31.7 Å². The summed E-state index contributed by atoms with van der Waals surface area (Å²) >= 11 is 1.44. The smallest absolute Gasteiger partial charge is 0.270 e. The third kappa shape index (κ3) is 3.33. The Morgan fingerprint density at radius 1 is 1.50 bits per heavy atom. The fraction of sp³-hybridized carbons (Fsp3) is 0.357. The fourth-order valence-corrected chi connectivity index (χ4v) is 3.21. The molecular weight excluding hydrogens is 302 g/mol. The van der Waals surface area contributed by atoms with Gasteiger partial charge in [-0.25, -0.2) is 10.5 Å². The van der Waals surface area contributed by atoms with Gasteiger partial charge < -0.3 is 4.57 Å². The molecule has 1 aromatic carbocycles. The van der Waals surface area contributed by atoms with Crippen LogP contribution in [0.4, 0.5) is 5.69 Å². The monoisotopic (exact) mass is 319 g/mol. The highest BCUT2D eigenvalue weighted by Crippen LogP contribution is 2.35. The van der Waals surface area contributed by atoms with Crippen molar-refractivity contribution in [1.29, 1.82) is 5.53 Å². The minimum Gasteiger partial charge on any atom is -0.324 e. The van der Waals surface area contributed by atoms with Crippen LogP contribution in [0.25, 0.3) is 0 Å². The Bertz CT molecular complexity index is 711. The molecule has 1 heterocycles. The van der Waals surface area contributed by atoms with Crippen LogP contribution in [0.3, 0.4) is 0 Å². The lowest BCUT2D eigenvalue weighted by atomic mass is 10.2. The molecule has 0 amide bonds. The molecule has 0 aliphatic rings. The molecule has 0 spiro atoms. The predicted molar refractivity (Wildman–Crippen MR) is 83.4 cm³/mol. The Hall–Kier alpha value is -2.22. The molecule has 22 heavy (non-hydrogen) atoms. The lowest BCUT2D eigenvalue weighted by molar-refractivity contribution is -0.385. The van der Waals surface area contributed by atoms with E-state index < -0.39 is 4.92 Å². The number of rotatable bonds is 6. The van der Waals surface area contributed by atoms with Gasteiger partial charge in [0.05, 0.1) is 10.6 Å². The molecule has 0 aliphatic carbocycles. The normalized spacial score (nSPS) is 10.9. The number of non-ortho nitro benzene ring substituents is 1. The molecule has 116 valence electrons. The number of benzene rings is 1. The van der Waals surface area contributed by atoms with Crippen LogP contribution < -0.4 is 0 Å². The Morgan fingerprint density at radius 2 is 2.23 bits per heavy atom. The second-order valence-electron chi connectivity index (χ2n) is 5.10. The molecule has 0 radical (unpaired) electrons. The zero-order valence-corrected chi connectivity index (χ0v) is 13.4. The number of nitro groups is 1. The maximum absolute atomic E-state index is 10.9. The fourth-order valence-electron chi connectivity index (χ4n) is 2.03. The highest BCUT2D eigenvalue weighted by molar-refractivity contribution is 7.99. The highest BCUT2D eigenvalue weighted by Gasteiger charge is 2.19. The predicted octanol–water partition coefficient (Wildman–Crippen LogP) is 4.13. The Morgan fingerprint density at radius 3 is 2.82 bits per heavy atom. The Balaban J connectivity index is 2.41. The third-order valence-electron chi connectivity index (χ3n) is 3.17. The van der Waals surface area contributed by atoms with Gasteiger partial charge in [0.2, 0.25) is 0 Å². The second-order valence-corrected chi connectivity index (χ2v) is 6.17. The molecule has 0 saturated carbocycles. The number of hydrogen-bond acceptors (Lipinski definition) is 6. The first-order valence-electron chi connectivity index (χ1n) is 6.75. The maximum atomic E-state index is 10.9. The molecule has 1 N–H and O–H groups in total. The van der Waals surface area contributed by atoms with Gasteiger partial charge in [-0.15, -0.1) is 0 Å². The van der Waals surface area contributed by atoms with E-state index in [-0.39, 0.29) is 18.2 Å². The topological polar surface area (TPSA) is 97.2 Å². The van der Waals surface area contributed by atoms with Crippen LogP contribution in [-0.2, 0) is 13.6 Å². The first-order valence-corrected chi connectivity index (χ1v) is 7.56. The molecule has 0 atom stereocenters. The van der Waals surface area contributed by atoms with Crippen molar-refractivity contribution in [2.45, 2.75) is 36.2 Å². The summed E-state index contributed by atoms with van der Waals surface area (Å²) in [5, 5.41) is 15.2. The molecule has 0 fully saturated rings. The van der Waals surface area contributed by atoms with Gasteiger partial charge in [0.25, 0.3) is 5.69 Å². The van der Waals surface area contributed by atoms with Crippen LogP contribution in [0.2, 0.25) is 0 Å². The van der Waals surface area contributed by atoms with Crippen molar-refractivity contribution >= 4 is 17.4 Å². The lowest BCUT2D eigenvalue weighted by Crippen LogP contribution is -1.98. The van der Waals surface area contributed by atoms with Gasteiger partial charge in [-0.3, -0.25) is 10.1 Å². The van der Waals surface area contributed by atoms with E-state index in [2.05, 4.69) is 10.1 Å². The number of aromatic nitrogens is 2. The van der Waals surface area contributed by atoms with Gasteiger partial charge in [0, 0.05) is 24.1 Å². The molecular formula is C14H17N5O2S. The van der Waals surface area contributed by atoms with Gasteiger partial charge in [0.1, 0.15) is 17.4 Å². The molecule has 2 aromatic rings. The van der Waals surface area contributed by atoms with E-state index in [1.54, 1.807) is 12.1 Å². The SMILES string of the molecule is CC(C)c1nc(CN=N)n(C)c1Sc1cccc([N+](=O)[O-])c1. The van der Waals surface area contributed by atoms with Gasteiger partial charge in [0.15, 0.2) is 0 Å². The summed E-state index contributed by atoms with van der Waals surface area (Å²) in [6.07, 6.45) is 0. The third-order valence-corrected chi connectivity index (χ3v) is 4.34. The largest absolute Gasteiger partial charge is 0.324 e. The van der Waals surface area contributed by atoms with Gasteiger partial charge >= 0.3 is 0 Å². The van der Waals surface area contributed by atoms with Crippen LogP contribution in [0, 0.1) is 15.6 Å². The van der Waals surface area contributed by atoms with Crippen LogP contribution in [-0.4, -0.2) is 14.5 Å². The second kappa shape index (κ2) is 6.69. The zero-order chi connectivity index (χ0) is 16.3. The molecule has 1 aromatic heterocycles. The molecule has 0 aliphatic heterocycles. The van der Waals surface area contributed by atoms with Crippen LogP contribution in [0.15, 0.2) is 39.3 Å². The zero-order valence-electron chi connectivity index (χ0n) is 12.6. The van der Waals surface area contributed by atoms with Gasteiger partial charge in [-0.2, -0.15) is 5.11 Å². The average molecular weight is 319 g/mol. The van der Waals surface area contributed by atoms with E-state index in [0.29, 0.717) is 5.82 Å². The van der Waals surface area contributed by atoms with Gasteiger partial charge in [-0.05, 0) is 12.0 Å². The van der Waals surface area contributed by atoms with Crippen molar-refractivity contribution in [3.8, 4) is 0 Å². The lowest BCUT2D eigenvalue weighted by Gasteiger charge is -2.08. The first-order chi connectivity index (χ1) is 10.4. The number of nitrogens with zero attached hydrogens (tertiary/aromatic N) is 4. The van der Waals surface area contributed by atoms with Crippen LogP contribution >= 0.6 is 11.8 Å². The summed E-state index contributed by atoms with van der Waals surface area (Å²) in [6, 6.07) is 6.53. The summed E-state index contributed by atoms with van der Waals surface area (Å²) in [5.74, 6) is 0.929. The van der Waals surface area contributed by atoms with Crippen LogP contribution in [0.5, 0.6) is 0 Å². The van der Waals surface area contributed by atoms with Crippen molar-refractivity contribution in [3.05, 3.63) is 45.9 Å². The first kappa shape index (κ1) is 16.2. The summed E-state index contributed by atoms with van der Waals surface area (Å²) < 4.78 is 1.90. The molecule has 2 rings (SSSR count). The summed E-state index contributed by atoms with van der Waals surface area (Å²) in [6.45, 7) is 4.31. The number of imidazole rings is 1. The number of nitrogens with one attached hydrogen (secondary N) is 1.